The third kappa shape index (κ3) is 7.90. The van der Waals surface area contributed by atoms with Crippen molar-refractivity contribution < 1.29 is 38.1 Å². The van der Waals surface area contributed by atoms with E-state index in [0.29, 0.717) is 17.7 Å². The number of carbonyl (C=O) groups is 4. The molecule has 0 aliphatic heterocycles. The summed E-state index contributed by atoms with van der Waals surface area (Å²) >= 11 is 0. The number of hydrogen-bond donors (Lipinski definition) is 0. The van der Waals surface area contributed by atoms with Gasteiger partial charge in [-0.25, -0.2) is 14.4 Å². The highest BCUT2D eigenvalue weighted by Crippen LogP contribution is 2.24. The molecule has 190 valence electrons. The lowest BCUT2D eigenvalue weighted by Crippen LogP contribution is -2.14. The standard InChI is InChI=1S/C29H26O8/c1-4-26(30)36-24-13-9-21(10-14-24)20-5-7-23(8-6-20)29(33)37-25-15-11-22(12-16-25)28(32)35-18-17-34-27(31)19(2)3/h5-16H,2,4,17-18H2,1,3H3. The third-order valence-corrected chi connectivity index (χ3v) is 5.03. The van der Waals surface area contributed by atoms with E-state index in [1.165, 1.54) is 31.2 Å². The van der Waals surface area contributed by atoms with Crippen molar-refractivity contribution in [3.63, 3.8) is 0 Å². The lowest BCUT2D eigenvalue weighted by Gasteiger charge is -2.08. The minimum atomic E-state index is -0.601. The third-order valence-electron chi connectivity index (χ3n) is 5.03. The first kappa shape index (κ1) is 26.9. The maximum atomic E-state index is 12.5. The zero-order valence-corrected chi connectivity index (χ0v) is 20.5. The Bertz CT molecular complexity index is 1270. The lowest BCUT2D eigenvalue weighted by molar-refractivity contribution is -0.140. The van der Waals surface area contributed by atoms with Crippen LogP contribution in [0.2, 0.25) is 0 Å². The molecule has 0 aliphatic rings. The molecule has 0 atom stereocenters. The number of esters is 4. The quantitative estimate of drug-likeness (QED) is 0.162. The van der Waals surface area contributed by atoms with E-state index < -0.39 is 17.9 Å². The van der Waals surface area contributed by atoms with Gasteiger partial charge in [0.1, 0.15) is 24.7 Å². The second-order valence-electron chi connectivity index (χ2n) is 7.90. The van der Waals surface area contributed by atoms with E-state index in [4.69, 9.17) is 18.9 Å². The van der Waals surface area contributed by atoms with Crippen LogP contribution < -0.4 is 9.47 Å². The predicted molar refractivity (Wildman–Crippen MR) is 135 cm³/mol. The molecular formula is C29H26O8. The van der Waals surface area contributed by atoms with Crippen LogP contribution in [0.5, 0.6) is 11.5 Å². The first-order chi connectivity index (χ1) is 17.8. The zero-order valence-electron chi connectivity index (χ0n) is 20.5. The summed E-state index contributed by atoms with van der Waals surface area (Å²) in [5.41, 5.74) is 2.64. The average molecular weight is 503 g/mol. The van der Waals surface area contributed by atoms with Crippen LogP contribution in [0, 0.1) is 0 Å². The maximum Gasteiger partial charge on any atom is 0.343 e. The van der Waals surface area contributed by atoms with Gasteiger partial charge in [0.05, 0.1) is 11.1 Å². The van der Waals surface area contributed by atoms with E-state index >= 15 is 0 Å². The molecule has 3 aromatic rings. The molecule has 0 N–H and O–H groups in total. The Labute approximate surface area is 214 Å². The predicted octanol–water partition coefficient (Wildman–Crippen LogP) is 5.16. The van der Waals surface area contributed by atoms with Crippen LogP contribution in [-0.4, -0.2) is 37.1 Å². The van der Waals surface area contributed by atoms with Gasteiger partial charge in [0.15, 0.2) is 0 Å². The first-order valence-electron chi connectivity index (χ1n) is 11.5. The summed E-state index contributed by atoms with van der Waals surface area (Å²) in [6, 6.07) is 19.8. The van der Waals surface area contributed by atoms with Crippen molar-refractivity contribution in [1.29, 1.82) is 0 Å². The Kier molecular flexibility index (Phi) is 9.32. The zero-order chi connectivity index (χ0) is 26.8. The molecular weight excluding hydrogens is 476 g/mol. The molecule has 37 heavy (non-hydrogen) atoms. The minimum absolute atomic E-state index is 0.0778. The lowest BCUT2D eigenvalue weighted by atomic mass is 10.0. The number of carbonyl (C=O) groups excluding carboxylic acids is 4. The second kappa shape index (κ2) is 12.8. The Morgan fingerprint density at radius 1 is 0.649 bits per heavy atom. The van der Waals surface area contributed by atoms with Crippen LogP contribution in [0.1, 0.15) is 41.0 Å². The molecule has 0 radical (unpaired) electrons. The van der Waals surface area contributed by atoms with Crippen LogP contribution in [0.25, 0.3) is 11.1 Å². The van der Waals surface area contributed by atoms with Gasteiger partial charge in [0.25, 0.3) is 0 Å². The van der Waals surface area contributed by atoms with Gasteiger partial charge in [-0.05, 0) is 66.6 Å². The van der Waals surface area contributed by atoms with E-state index in [-0.39, 0.29) is 36.1 Å². The highest BCUT2D eigenvalue weighted by atomic mass is 16.6. The number of benzene rings is 3. The minimum Gasteiger partial charge on any atom is -0.459 e. The molecule has 0 bridgehead atoms. The van der Waals surface area contributed by atoms with Crippen molar-refractivity contribution in [1.82, 2.24) is 0 Å². The smallest absolute Gasteiger partial charge is 0.343 e. The molecule has 0 heterocycles. The van der Waals surface area contributed by atoms with Crippen LogP contribution in [0.4, 0.5) is 0 Å². The van der Waals surface area contributed by atoms with Gasteiger partial charge in [-0.2, -0.15) is 0 Å². The van der Waals surface area contributed by atoms with Crippen LogP contribution in [0.3, 0.4) is 0 Å². The number of ether oxygens (including phenoxy) is 4. The Morgan fingerprint density at radius 3 is 1.68 bits per heavy atom. The van der Waals surface area contributed by atoms with E-state index in [2.05, 4.69) is 6.58 Å². The highest BCUT2D eigenvalue weighted by Gasteiger charge is 2.12. The Hall–Kier alpha value is -4.72. The van der Waals surface area contributed by atoms with Gasteiger partial charge in [0, 0.05) is 12.0 Å². The summed E-state index contributed by atoms with van der Waals surface area (Å²) in [4.78, 5) is 47.3. The normalized spacial score (nSPS) is 10.2. The fourth-order valence-electron chi connectivity index (χ4n) is 3.02. The molecule has 0 amide bonds. The summed E-state index contributed by atoms with van der Waals surface area (Å²) in [5.74, 6) is -1.28. The summed E-state index contributed by atoms with van der Waals surface area (Å²) in [6.07, 6.45) is 0.298. The van der Waals surface area contributed by atoms with Gasteiger partial charge < -0.3 is 18.9 Å². The van der Waals surface area contributed by atoms with Gasteiger partial charge >= 0.3 is 23.9 Å². The molecule has 0 saturated heterocycles. The molecule has 8 heteroatoms. The Morgan fingerprint density at radius 2 is 1.11 bits per heavy atom. The van der Waals surface area contributed by atoms with Crippen molar-refractivity contribution in [3.05, 3.63) is 96.1 Å². The molecule has 0 spiro atoms. The van der Waals surface area contributed by atoms with Crippen molar-refractivity contribution in [3.8, 4) is 22.6 Å². The summed E-state index contributed by atoms with van der Waals surface area (Å²) in [6.45, 7) is 6.54. The van der Waals surface area contributed by atoms with Crippen LogP contribution in [0.15, 0.2) is 84.9 Å². The number of hydrogen-bond acceptors (Lipinski definition) is 8. The highest BCUT2D eigenvalue weighted by molar-refractivity contribution is 5.92. The molecule has 0 fully saturated rings. The summed E-state index contributed by atoms with van der Waals surface area (Å²) in [5, 5.41) is 0. The van der Waals surface area contributed by atoms with Gasteiger partial charge in [-0.3, -0.25) is 4.79 Å². The van der Waals surface area contributed by atoms with Crippen molar-refractivity contribution in [2.24, 2.45) is 0 Å². The second-order valence-corrected chi connectivity index (χ2v) is 7.90. The van der Waals surface area contributed by atoms with E-state index in [1.54, 1.807) is 43.3 Å². The van der Waals surface area contributed by atoms with Crippen LogP contribution in [-0.2, 0) is 19.1 Å². The summed E-state index contributed by atoms with van der Waals surface area (Å²) < 4.78 is 20.5. The topological polar surface area (TPSA) is 105 Å². The Balaban J connectivity index is 1.52. The largest absolute Gasteiger partial charge is 0.459 e. The molecule has 0 aromatic heterocycles. The average Bonchev–Trinajstić information content (AvgIpc) is 2.91. The van der Waals surface area contributed by atoms with Crippen LogP contribution >= 0.6 is 0 Å². The molecule has 3 rings (SSSR count). The molecule has 0 saturated carbocycles. The van der Waals surface area contributed by atoms with Crippen molar-refractivity contribution in [2.75, 3.05) is 13.2 Å². The van der Waals surface area contributed by atoms with Gasteiger partial charge in [-0.15, -0.1) is 0 Å². The van der Waals surface area contributed by atoms with E-state index in [9.17, 15) is 19.2 Å². The first-order valence-corrected chi connectivity index (χ1v) is 11.5. The monoisotopic (exact) mass is 502 g/mol. The van der Waals surface area contributed by atoms with Crippen molar-refractivity contribution in [2.45, 2.75) is 20.3 Å². The van der Waals surface area contributed by atoms with Gasteiger partial charge in [0.2, 0.25) is 0 Å². The maximum absolute atomic E-state index is 12.5. The molecule has 0 aliphatic carbocycles. The number of rotatable bonds is 10. The molecule has 0 unspecified atom stereocenters. The SMILES string of the molecule is C=C(C)C(=O)OCCOC(=O)c1ccc(OC(=O)c2ccc(-c3ccc(OC(=O)CC)cc3)cc2)cc1. The molecule has 8 nitrogen and oxygen atoms in total. The molecule has 3 aromatic carbocycles. The summed E-state index contributed by atoms with van der Waals surface area (Å²) in [7, 11) is 0. The van der Waals surface area contributed by atoms with Crippen molar-refractivity contribution >= 4 is 23.9 Å². The van der Waals surface area contributed by atoms with E-state index in [0.717, 1.165) is 11.1 Å². The van der Waals surface area contributed by atoms with E-state index in [1.807, 2.05) is 12.1 Å². The van der Waals surface area contributed by atoms with Gasteiger partial charge in [-0.1, -0.05) is 37.8 Å². The fraction of sp³-hybridized carbons (Fsp3) is 0.172. The fourth-order valence-corrected chi connectivity index (χ4v) is 3.02.